The van der Waals surface area contributed by atoms with Crippen LogP contribution in [0.25, 0.3) is 0 Å². The molecule has 0 aromatic heterocycles. The van der Waals surface area contributed by atoms with Gasteiger partial charge in [-0.3, -0.25) is 19.3 Å². The van der Waals surface area contributed by atoms with Gasteiger partial charge < -0.3 is 10.1 Å². The SMILES string of the molecule is CCCCNC(=O)C(C)N1C(=O)COc2ccc(C(C)=O)cc21. The van der Waals surface area contributed by atoms with Crippen LogP contribution in [-0.4, -0.2) is 36.8 Å². The van der Waals surface area contributed by atoms with E-state index in [2.05, 4.69) is 5.32 Å². The number of Topliss-reactive ketones (excluding diaryl/α,β-unsaturated/α-hetero) is 1. The van der Waals surface area contributed by atoms with Gasteiger partial charge in [-0.1, -0.05) is 13.3 Å². The number of anilines is 1. The molecule has 124 valence electrons. The molecule has 0 spiro atoms. The van der Waals surface area contributed by atoms with Gasteiger partial charge in [0.2, 0.25) is 5.91 Å². The zero-order chi connectivity index (χ0) is 17.0. The van der Waals surface area contributed by atoms with Crippen LogP contribution < -0.4 is 15.0 Å². The molecule has 0 aliphatic carbocycles. The number of fused-ring (bicyclic) bond motifs is 1. The van der Waals surface area contributed by atoms with Gasteiger partial charge in [-0.25, -0.2) is 0 Å². The fraction of sp³-hybridized carbons (Fsp3) is 0.471. The highest BCUT2D eigenvalue weighted by Gasteiger charge is 2.33. The molecule has 2 rings (SSSR count). The minimum Gasteiger partial charge on any atom is -0.482 e. The number of carbonyl (C=O) groups is 3. The first-order valence-electron chi connectivity index (χ1n) is 7.83. The maximum atomic E-state index is 12.3. The Kier molecular flexibility index (Phi) is 5.36. The molecule has 1 unspecified atom stereocenters. The average Bonchev–Trinajstić information content (AvgIpc) is 2.53. The lowest BCUT2D eigenvalue weighted by Crippen LogP contribution is -2.51. The summed E-state index contributed by atoms with van der Waals surface area (Å²) in [5, 5.41) is 2.83. The van der Waals surface area contributed by atoms with Gasteiger partial charge in [0.05, 0.1) is 5.69 Å². The highest BCUT2D eigenvalue weighted by Crippen LogP contribution is 2.34. The van der Waals surface area contributed by atoms with E-state index in [1.165, 1.54) is 11.8 Å². The molecule has 1 aromatic carbocycles. The Hall–Kier alpha value is -2.37. The van der Waals surface area contributed by atoms with Crippen LogP contribution in [0.15, 0.2) is 18.2 Å². The van der Waals surface area contributed by atoms with Crippen molar-refractivity contribution in [2.75, 3.05) is 18.1 Å². The third kappa shape index (κ3) is 3.70. The second-order valence-corrected chi connectivity index (χ2v) is 5.61. The summed E-state index contributed by atoms with van der Waals surface area (Å²) in [5.74, 6) is -0.113. The first-order valence-corrected chi connectivity index (χ1v) is 7.83. The summed E-state index contributed by atoms with van der Waals surface area (Å²) in [6.45, 7) is 5.64. The molecule has 6 nitrogen and oxygen atoms in total. The van der Waals surface area contributed by atoms with Crippen LogP contribution in [0.2, 0.25) is 0 Å². The molecule has 1 N–H and O–H groups in total. The number of amides is 2. The van der Waals surface area contributed by atoms with Gasteiger partial charge in [0, 0.05) is 12.1 Å². The van der Waals surface area contributed by atoms with Crippen molar-refractivity contribution in [1.29, 1.82) is 0 Å². The maximum Gasteiger partial charge on any atom is 0.265 e. The smallest absolute Gasteiger partial charge is 0.265 e. The zero-order valence-electron chi connectivity index (χ0n) is 13.7. The van der Waals surface area contributed by atoms with Gasteiger partial charge in [-0.05, 0) is 38.5 Å². The third-order valence-electron chi connectivity index (χ3n) is 3.84. The molecule has 0 radical (unpaired) electrons. The number of nitrogens with one attached hydrogen (secondary N) is 1. The van der Waals surface area contributed by atoms with Crippen molar-refractivity contribution >= 4 is 23.3 Å². The van der Waals surface area contributed by atoms with E-state index in [-0.39, 0.29) is 24.2 Å². The van der Waals surface area contributed by atoms with Crippen LogP contribution in [0, 0.1) is 0 Å². The van der Waals surface area contributed by atoms with Gasteiger partial charge in [0.25, 0.3) is 5.91 Å². The second-order valence-electron chi connectivity index (χ2n) is 5.61. The maximum absolute atomic E-state index is 12.3. The Bertz CT molecular complexity index is 627. The Morgan fingerprint density at radius 1 is 1.39 bits per heavy atom. The molecule has 0 bridgehead atoms. The summed E-state index contributed by atoms with van der Waals surface area (Å²) >= 11 is 0. The van der Waals surface area contributed by atoms with Crippen LogP contribution >= 0.6 is 0 Å². The minimum atomic E-state index is -0.663. The lowest BCUT2D eigenvalue weighted by atomic mass is 10.1. The second kappa shape index (κ2) is 7.26. The van der Waals surface area contributed by atoms with E-state index >= 15 is 0 Å². The molecule has 2 amide bonds. The van der Waals surface area contributed by atoms with Crippen LogP contribution in [0.1, 0.15) is 44.0 Å². The van der Waals surface area contributed by atoms with Crippen molar-refractivity contribution in [3.05, 3.63) is 23.8 Å². The predicted octanol–water partition coefficient (Wildman–Crippen LogP) is 1.92. The van der Waals surface area contributed by atoms with Crippen LogP contribution in [0.5, 0.6) is 5.75 Å². The highest BCUT2D eigenvalue weighted by molar-refractivity contribution is 6.05. The fourth-order valence-corrected chi connectivity index (χ4v) is 2.47. The first kappa shape index (κ1) is 17.0. The van der Waals surface area contributed by atoms with E-state index < -0.39 is 6.04 Å². The Morgan fingerprint density at radius 2 is 2.13 bits per heavy atom. The molecule has 1 heterocycles. The first-order chi connectivity index (χ1) is 11.0. The molecular formula is C17H22N2O4. The van der Waals surface area contributed by atoms with Gasteiger partial charge in [-0.15, -0.1) is 0 Å². The normalized spacial score (nSPS) is 14.7. The van der Waals surface area contributed by atoms with E-state index in [9.17, 15) is 14.4 Å². The highest BCUT2D eigenvalue weighted by atomic mass is 16.5. The number of rotatable bonds is 6. The van der Waals surface area contributed by atoms with Crippen molar-refractivity contribution in [1.82, 2.24) is 5.32 Å². The van der Waals surface area contributed by atoms with E-state index in [0.29, 0.717) is 23.5 Å². The largest absolute Gasteiger partial charge is 0.482 e. The van der Waals surface area contributed by atoms with E-state index in [1.54, 1.807) is 25.1 Å². The summed E-state index contributed by atoms with van der Waals surface area (Å²) in [4.78, 5) is 37.5. The number of ketones is 1. The standard InChI is InChI=1S/C17H22N2O4/c1-4-5-8-18-17(22)11(2)19-14-9-13(12(3)20)6-7-15(14)23-10-16(19)21/h6-7,9,11H,4-5,8,10H2,1-3H3,(H,18,22). The molecule has 6 heteroatoms. The van der Waals surface area contributed by atoms with Gasteiger partial charge in [-0.2, -0.15) is 0 Å². The topological polar surface area (TPSA) is 75.7 Å². The quantitative estimate of drug-likeness (QED) is 0.642. The van der Waals surface area contributed by atoms with Gasteiger partial charge in [0.15, 0.2) is 12.4 Å². The number of hydrogen-bond acceptors (Lipinski definition) is 4. The number of benzene rings is 1. The Morgan fingerprint density at radius 3 is 2.78 bits per heavy atom. The summed E-state index contributed by atoms with van der Waals surface area (Å²) in [5.41, 5.74) is 0.942. The Labute approximate surface area is 135 Å². The summed E-state index contributed by atoms with van der Waals surface area (Å²) in [6, 6.07) is 4.25. The number of nitrogens with zero attached hydrogens (tertiary/aromatic N) is 1. The van der Waals surface area contributed by atoms with E-state index in [0.717, 1.165) is 12.8 Å². The number of ether oxygens (including phenoxy) is 1. The minimum absolute atomic E-state index is 0.106. The third-order valence-corrected chi connectivity index (χ3v) is 3.84. The lowest BCUT2D eigenvalue weighted by molar-refractivity contribution is -0.127. The Balaban J connectivity index is 2.28. The monoisotopic (exact) mass is 318 g/mol. The predicted molar refractivity (Wildman–Crippen MR) is 86.8 cm³/mol. The van der Waals surface area contributed by atoms with Crippen LogP contribution in [-0.2, 0) is 9.59 Å². The van der Waals surface area contributed by atoms with Crippen molar-refractivity contribution in [3.8, 4) is 5.75 Å². The molecule has 1 aromatic rings. The molecule has 1 aliphatic heterocycles. The summed E-state index contributed by atoms with van der Waals surface area (Å²) < 4.78 is 5.39. The van der Waals surface area contributed by atoms with Gasteiger partial charge >= 0.3 is 0 Å². The van der Waals surface area contributed by atoms with Crippen molar-refractivity contribution in [2.45, 2.75) is 39.7 Å². The lowest BCUT2D eigenvalue weighted by Gasteiger charge is -2.33. The molecule has 0 saturated heterocycles. The van der Waals surface area contributed by atoms with Crippen molar-refractivity contribution in [2.24, 2.45) is 0 Å². The van der Waals surface area contributed by atoms with Crippen molar-refractivity contribution in [3.63, 3.8) is 0 Å². The number of unbranched alkanes of at least 4 members (excludes halogenated alkanes) is 1. The molecule has 0 saturated carbocycles. The summed E-state index contributed by atoms with van der Waals surface area (Å²) in [7, 11) is 0. The van der Waals surface area contributed by atoms with Crippen LogP contribution in [0.3, 0.4) is 0 Å². The number of carbonyl (C=O) groups excluding carboxylic acids is 3. The molecule has 23 heavy (non-hydrogen) atoms. The van der Waals surface area contributed by atoms with E-state index in [4.69, 9.17) is 4.74 Å². The van der Waals surface area contributed by atoms with Crippen LogP contribution in [0.4, 0.5) is 5.69 Å². The fourth-order valence-electron chi connectivity index (χ4n) is 2.47. The number of hydrogen-bond donors (Lipinski definition) is 1. The molecule has 1 aliphatic rings. The molecule has 0 fully saturated rings. The van der Waals surface area contributed by atoms with Crippen molar-refractivity contribution < 1.29 is 19.1 Å². The zero-order valence-corrected chi connectivity index (χ0v) is 13.7. The molecule has 1 atom stereocenters. The summed E-state index contributed by atoms with van der Waals surface area (Å²) in [6.07, 6.45) is 1.87. The van der Waals surface area contributed by atoms with E-state index in [1.807, 2.05) is 6.92 Å². The molecular weight excluding hydrogens is 296 g/mol. The van der Waals surface area contributed by atoms with Gasteiger partial charge in [0.1, 0.15) is 11.8 Å². The average molecular weight is 318 g/mol.